The van der Waals surface area contributed by atoms with Crippen LogP contribution in [-0.2, 0) is 6.54 Å². The first-order valence-corrected chi connectivity index (χ1v) is 14.0. The molecule has 1 heterocycles. The monoisotopic (exact) mass is 559 g/mol. The Bertz CT molecular complexity index is 1230. The van der Waals surface area contributed by atoms with Gasteiger partial charge >= 0.3 is 0 Å². The van der Waals surface area contributed by atoms with Gasteiger partial charge < -0.3 is 10.6 Å². The van der Waals surface area contributed by atoms with Gasteiger partial charge in [-0.1, -0.05) is 57.9 Å². The van der Waals surface area contributed by atoms with Gasteiger partial charge in [-0.2, -0.15) is 0 Å². The second kappa shape index (κ2) is 12.1. The van der Waals surface area contributed by atoms with Crippen LogP contribution in [0.2, 0.25) is 0 Å². The Balaban J connectivity index is 1.60. The molecule has 194 valence electrons. The van der Waals surface area contributed by atoms with Crippen LogP contribution in [0.25, 0.3) is 5.57 Å². The van der Waals surface area contributed by atoms with E-state index in [9.17, 15) is 4.79 Å². The normalized spacial score (nSPS) is 14.3. The summed E-state index contributed by atoms with van der Waals surface area (Å²) in [5, 5.41) is 0. The van der Waals surface area contributed by atoms with Gasteiger partial charge in [0.25, 0.3) is 5.91 Å². The van der Waals surface area contributed by atoms with Gasteiger partial charge in [0, 0.05) is 47.4 Å². The Hall–Kier alpha value is -2.89. The maximum absolute atomic E-state index is 13.2. The van der Waals surface area contributed by atoms with Crippen molar-refractivity contribution in [2.45, 2.75) is 59.2 Å². The van der Waals surface area contributed by atoms with Gasteiger partial charge in [-0.05, 0) is 99.2 Å². The second-order valence-corrected chi connectivity index (χ2v) is 11.4. The Kier molecular flexibility index (Phi) is 8.88. The Morgan fingerprint density at radius 1 is 0.865 bits per heavy atom. The standard InChI is InChI=1S/C32H38BrN3O/c1-22(2)36(23(3)4)32(37)27-12-10-25(11-13-27)31(28-6-5-7-30(34)20-28)26-16-18-35(19-17-26)21-24-8-14-29(33)15-9-24/h5-15,20,22-23H,16-19,21,34H2,1-4H3. The van der Waals surface area contributed by atoms with E-state index in [1.54, 1.807) is 0 Å². The highest BCUT2D eigenvalue weighted by atomic mass is 79.9. The van der Waals surface area contributed by atoms with Crippen molar-refractivity contribution in [3.8, 4) is 0 Å². The minimum absolute atomic E-state index is 0.0796. The third-order valence-electron chi connectivity index (χ3n) is 7.08. The lowest BCUT2D eigenvalue weighted by atomic mass is 9.87. The summed E-state index contributed by atoms with van der Waals surface area (Å²) >= 11 is 3.53. The third-order valence-corrected chi connectivity index (χ3v) is 7.60. The van der Waals surface area contributed by atoms with Crippen molar-refractivity contribution < 1.29 is 4.79 Å². The Morgan fingerprint density at radius 2 is 1.46 bits per heavy atom. The molecule has 5 heteroatoms. The molecule has 1 aliphatic heterocycles. The number of hydrogen-bond acceptors (Lipinski definition) is 3. The predicted molar refractivity (Wildman–Crippen MR) is 158 cm³/mol. The highest BCUT2D eigenvalue weighted by Crippen LogP contribution is 2.34. The van der Waals surface area contributed by atoms with E-state index in [0.717, 1.165) is 59.3 Å². The number of amides is 1. The lowest BCUT2D eigenvalue weighted by molar-refractivity contribution is 0.0643. The number of halogens is 1. The molecule has 4 nitrogen and oxygen atoms in total. The molecule has 4 rings (SSSR count). The van der Waals surface area contributed by atoms with Crippen LogP contribution in [0.1, 0.15) is 67.6 Å². The predicted octanol–water partition coefficient (Wildman–Crippen LogP) is 7.39. The summed E-state index contributed by atoms with van der Waals surface area (Å²) in [6, 6.07) is 25.2. The summed E-state index contributed by atoms with van der Waals surface area (Å²) in [7, 11) is 0. The molecule has 1 amide bonds. The fourth-order valence-corrected chi connectivity index (χ4v) is 5.61. The molecule has 0 aliphatic carbocycles. The number of anilines is 1. The van der Waals surface area contributed by atoms with Crippen molar-refractivity contribution in [2.75, 3.05) is 18.8 Å². The summed E-state index contributed by atoms with van der Waals surface area (Å²) in [6.07, 6.45) is 2.02. The van der Waals surface area contributed by atoms with Crippen LogP contribution in [-0.4, -0.2) is 40.9 Å². The summed E-state index contributed by atoms with van der Waals surface area (Å²) in [5.41, 5.74) is 14.0. The van der Waals surface area contributed by atoms with Crippen molar-refractivity contribution in [3.63, 3.8) is 0 Å². The molecule has 0 saturated carbocycles. The average Bonchev–Trinajstić information content (AvgIpc) is 2.87. The molecular formula is C32H38BrN3O. The highest BCUT2D eigenvalue weighted by Gasteiger charge is 2.23. The largest absolute Gasteiger partial charge is 0.399 e. The molecule has 1 saturated heterocycles. The van der Waals surface area contributed by atoms with Gasteiger partial charge in [-0.25, -0.2) is 0 Å². The van der Waals surface area contributed by atoms with E-state index in [2.05, 4.69) is 97.1 Å². The van der Waals surface area contributed by atoms with Crippen LogP contribution >= 0.6 is 15.9 Å². The minimum Gasteiger partial charge on any atom is -0.399 e. The summed E-state index contributed by atoms with van der Waals surface area (Å²) in [5.74, 6) is 0.0796. The van der Waals surface area contributed by atoms with E-state index in [0.29, 0.717) is 0 Å². The lowest BCUT2D eigenvalue weighted by Crippen LogP contribution is -2.42. The van der Waals surface area contributed by atoms with Gasteiger partial charge in [0.2, 0.25) is 0 Å². The molecule has 3 aromatic rings. The van der Waals surface area contributed by atoms with Gasteiger partial charge in [0.15, 0.2) is 0 Å². The number of nitrogens with zero attached hydrogens (tertiary/aromatic N) is 2. The number of benzene rings is 3. The molecule has 1 fully saturated rings. The first-order chi connectivity index (χ1) is 17.7. The first-order valence-electron chi connectivity index (χ1n) is 13.2. The number of hydrogen-bond donors (Lipinski definition) is 1. The number of carbonyl (C=O) groups is 1. The fourth-order valence-electron chi connectivity index (χ4n) is 5.34. The van der Waals surface area contributed by atoms with Crippen molar-refractivity contribution in [3.05, 3.63) is 105 Å². The van der Waals surface area contributed by atoms with Crippen molar-refractivity contribution in [1.82, 2.24) is 9.80 Å². The van der Waals surface area contributed by atoms with Gasteiger partial charge in [0.1, 0.15) is 0 Å². The molecule has 2 N–H and O–H groups in total. The molecule has 0 spiro atoms. The first kappa shape index (κ1) is 27.2. The highest BCUT2D eigenvalue weighted by molar-refractivity contribution is 9.10. The van der Waals surface area contributed by atoms with Crippen LogP contribution in [0.15, 0.2) is 82.8 Å². The fraction of sp³-hybridized carbons (Fsp3) is 0.344. The molecule has 1 aliphatic rings. The van der Waals surface area contributed by atoms with Crippen LogP contribution in [0.4, 0.5) is 5.69 Å². The Labute approximate surface area is 230 Å². The maximum atomic E-state index is 13.2. The lowest BCUT2D eigenvalue weighted by Gasteiger charge is -2.31. The van der Waals surface area contributed by atoms with E-state index in [1.165, 1.54) is 16.7 Å². The number of rotatable bonds is 7. The topological polar surface area (TPSA) is 49.6 Å². The molecule has 0 bridgehead atoms. The molecular weight excluding hydrogens is 522 g/mol. The van der Waals surface area contributed by atoms with Gasteiger partial charge in [-0.3, -0.25) is 9.69 Å². The quantitative estimate of drug-likeness (QED) is 0.307. The number of nitrogen functional groups attached to an aromatic ring is 1. The summed E-state index contributed by atoms with van der Waals surface area (Å²) < 4.78 is 1.11. The van der Waals surface area contributed by atoms with Crippen LogP contribution in [0, 0.1) is 0 Å². The Morgan fingerprint density at radius 3 is 2.03 bits per heavy atom. The summed E-state index contributed by atoms with van der Waals surface area (Å²) in [4.78, 5) is 17.7. The molecule has 0 unspecified atom stereocenters. The smallest absolute Gasteiger partial charge is 0.254 e. The van der Waals surface area contributed by atoms with E-state index in [1.807, 2.05) is 29.2 Å². The molecule has 0 radical (unpaired) electrons. The third kappa shape index (κ3) is 6.71. The summed E-state index contributed by atoms with van der Waals surface area (Å²) in [6.45, 7) is 11.3. The van der Waals surface area contributed by atoms with Crippen LogP contribution in [0.3, 0.4) is 0 Å². The van der Waals surface area contributed by atoms with Crippen LogP contribution < -0.4 is 5.73 Å². The zero-order valence-corrected chi connectivity index (χ0v) is 24.0. The second-order valence-electron chi connectivity index (χ2n) is 10.5. The molecule has 0 aromatic heterocycles. The van der Waals surface area contributed by atoms with E-state index < -0.39 is 0 Å². The zero-order valence-electron chi connectivity index (χ0n) is 22.4. The minimum atomic E-state index is 0.0796. The zero-order chi connectivity index (χ0) is 26.5. The maximum Gasteiger partial charge on any atom is 0.254 e. The number of nitrogens with two attached hydrogens (primary N) is 1. The number of likely N-dealkylation sites (tertiary alicyclic amines) is 1. The van der Waals surface area contributed by atoms with E-state index in [-0.39, 0.29) is 18.0 Å². The SMILES string of the molecule is CC(C)N(C(=O)c1ccc(C(=C2CCN(Cc3ccc(Br)cc3)CC2)c2cccc(N)c2)cc1)C(C)C. The number of carbonyl (C=O) groups excluding carboxylic acids is 1. The molecule has 37 heavy (non-hydrogen) atoms. The molecule has 0 atom stereocenters. The van der Waals surface area contributed by atoms with E-state index in [4.69, 9.17) is 5.73 Å². The number of piperidine rings is 1. The average molecular weight is 561 g/mol. The van der Waals surface area contributed by atoms with Crippen molar-refractivity contribution in [2.24, 2.45) is 0 Å². The van der Waals surface area contributed by atoms with E-state index >= 15 is 0 Å². The van der Waals surface area contributed by atoms with Crippen molar-refractivity contribution >= 4 is 33.1 Å². The van der Waals surface area contributed by atoms with Gasteiger partial charge in [-0.15, -0.1) is 0 Å². The molecule has 3 aromatic carbocycles. The van der Waals surface area contributed by atoms with Crippen molar-refractivity contribution in [1.29, 1.82) is 0 Å². The van der Waals surface area contributed by atoms with Crippen LogP contribution in [0.5, 0.6) is 0 Å². The van der Waals surface area contributed by atoms with Gasteiger partial charge in [0.05, 0.1) is 0 Å².